The number of carbonyl (C=O) groups excluding carboxylic acids is 1. The fourth-order valence-corrected chi connectivity index (χ4v) is 5.19. The molecule has 0 bridgehead atoms. The summed E-state index contributed by atoms with van der Waals surface area (Å²) in [5, 5.41) is 4.32. The van der Waals surface area contributed by atoms with Gasteiger partial charge in [0.05, 0.1) is 50.4 Å². The number of esters is 1. The molecule has 0 N–H and O–H groups in total. The van der Waals surface area contributed by atoms with Crippen LogP contribution in [0.2, 0.25) is 0 Å². The van der Waals surface area contributed by atoms with Gasteiger partial charge in [0.25, 0.3) is 5.56 Å². The molecule has 1 aliphatic heterocycles. The lowest BCUT2D eigenvalue weighted by molar-refractivity contribution is -0.136. The zero-order chi connectivity index (χ0) is 25.4. The van der Waals surface area contributed by atoms with E-state index in [1.165, 1.54) is 44.3 Å². The van der Waals surface area contributed by atoms with Gasteiger partial charge in [0.2, 0.25) is 5.75 Å². The zero-order valence-electron chi connectivity index (χ0n) is 20.5. The number of methoxy groups -OCH3 is 4. The minimum atomic E-state index is -0.721. The van der Waals surface area contributed by atoms with Crippen LogP contribution in [-0.2, 0) is 16.6 Å². The van der Waals surface area contributed by atoms with Crippen molar-refractivity contribution in [2.75, 3.05) is 28.4 Å². The van der Waals surface area contributed by atoms with Gasteiger partial charge in [0.1, 0.15) is 6.04 Å². The molecule has 3 aromatic rings. The van der Waals surface area contributed by atoms with Crippen molar-refractivity contribution >= 4 is 23.4 Å². The average molecular weight is 499 g/mol. The predicted octanol–water partition coefficient (Wildman–Crippen LogP) is 1.48. The van der Waals surface area contributed by atoms with Gasteiger partial charge in [-0.15, -0.1) is 0 Å². The minimum Gasteiger partial charge on any atom is -0.493 e. The van der Waals surface area contributed by atoms with Crippen LogP contribution in [-0.4, -0.2) is 48.8 Å². The first-order valence-electron chi connectivity index (χ1n) is 10.7. The molecule has 2 aromatic heterocycles. The van der Waals surface area contributed by atoms with Crippen LogP contribution in [0.5, 0.6) is 17.2 Å². The maximum absolute atomic E-state index is 13.7. The standard InChI is InChI=1S/C24H26N4O6S/c1-12-18(23(30)34-7)19(15-11-25-27(3)13(15)2)28-22(29)17(35-24(28)26-12)10-14-8-9-16(31-4)21(33-6)20(14)32-5/h8-11,19H,1-7H3/b17-10+. The van der Waals surface area contributed by atoms with Crippen LogP contribution in [0, 0.1) is 6.92 Å². The van der Waals surface area contributed by atoms with Crippen molar-refractivity contribution in [1.82, 2.24) is 14.3 Å². The molecule has 1 aromatic carbocycles. The summed E-state index contributed by atoms with van der Waals surface area (Å²) >= 11 is 1.22. The van der Waals surface area contributed by atoms with Crippen molar-refractivity contribution in [2.45, 2.75) is 19.9 Å². The van der Waals surface area contributed by atoms with Gasteiger partial charge in [-0.25, -0.2) is 9.79 Å². The minimum absolute atomic E-state index is 0.297. The second kappa shape index (κ2) is 9.41. The fourth-order valence-electron chi connectivity index (χ4n) is 4.15. The average Bonchev–Trinajstić information content (AvgIpc) is 3.35. The van der Waals surface area contributed by atoms with Gasteiger partial charge in [-0.05, 0) is 32.1 Å². The van der Waals surface area contributed by atoms with Gasteiger partial charge in [0, 0.05) is 23.9 Å². The topological polar surface area (TPSA) is 106 Å². The van der Waals surface area contributed by atoms with Crippen molar-refractivity contribution in [1.29, 1.82) is 0 Å². The Bertz CT molecular complexity index is 1530. The second-order valence-corrected chi connectivity index (χ2v) is 8.81. The molecule has 1 unspecified atom stereocenters. The summed E-state index contributed by atoms with van der Waals surface area (Å²) in [4.78, 5) is 31.6. The van der Waals surface area contributed by atoms with Crippen molar-refractivity contribution < 1.29 is 23.7 Å². The molecule has 0 aliphatic carbocycles. The Hall–Kier alpha value is -3.86. The van der Waals surface area contributed by atoms with Gasteiger partial charge >= 0.3 is 5.97 Å². The number of hydrogen-bond acceptors (Lipinski definition) is 9. The quantitative estimate of drug-likeness (QED) is 0.474. The molecule has 1 aliphatic rings. The Balaban J connectivity index is 2.00. The van der Waals surface area contributed by atoms with Gasteiger partial charge < -0.3 is 18.9 Å². The van der Waals surface area contributed by atoms with E-state index in [1.807, 2.05) is 6.92 Å². The lowest BCUT2D eigenvalue weighted by Crippen LogP contribution is -2.40. The van der Waals surface area contributed by atoms with Crippen LogP contribution >= 0.6 is 11.3 Å². The summed E-state index contributed by atoms with van der Waals surface area (Å²) in [6.45, 7) is 3.62. The molecule has 3 heterocycles. The molecule has 0 fully saturated rings. The normalized spacial score (nSPS) is 15.5. The maximum Gasteiger partial charge on any atom is 0.338 e. The van der Waals surface area contributed by atoms with Crippen LogP contribution in [0.25, 0.3) is 6.08 Å². The number of hydrogen-bond donors (Lipinski definition) is 0. The molecule has 184 valence electrons. The first-order chi connectivity index (χ1) is 16.8. The number of nitrogens with zero attached hydrogens (tertiary/aromatic N) is 4. The summed E-state index contributed by atoms with van der Waals surface area (Å²) in [7, 11) is 7.69. The van der Waals surface area contributed by atoms with Gasteiger partial charge in [-0.2, -0.15) is 5.10 Å². The zero-order valence-corrected chi connectivity index (χ0v) is 21.3. The highest BCUT2D eigenvalue weighted by atomic mass is 32.1. The van der Waals surface area contributed by atoms with E-state index in [4.69, 9.17) is 18.9 Å². The highest BCUT2D eigenvalue weighted by Gasteiger charge is 2.35. The first kappa shape index (κ1) is 24.3. The highest BCUT2D eigenvalue weighted by Crippen LogP contribution is 2.40. The summed E-state index contributed by atoms with van der Waals surface area (Å²) in [6.07, 6.45) is 3.38. The third-order valence-electron chi connectivity index (χ3n) is 6.02. The van der Waals surface area contributed by atoms with E-state index in [-0.39, 0.29) is 5.56 Å². The summed E-state index contributed by atoms with van der Waals surface area (Å²) < 4.78 is 25.1. The van der Waals surface area contributed by atoms with E-state index in [0.29, 0.717) is 43.4 Å². The van der Waals surface area contributed by atoms with Crippen molar-refractivity contribution in [3.63, 3.8) is 0 Å². The summed E-state index contributed by atoms with van der Waals surface area (Å²) in [5.41, 5.74) is 2.66. The molecular formula is C24H26N4O6S. The molecule has 1 atom stereocenters. The number of thiazole rings is 1. The number of allylic oxidation sites excluding steroid dienone is 1. The lowest BCUT2D eigenvalue weighted by Gasteiger charge is -2.23. The molecule has 35 heavy (non-hydrogen) atoms. The number of rotatable bonds is 6. The van der Waals surface area contributed by atoms with Crippen LogP contribution in [0.4, 0.5) is 0 Å². The van der Waals surface area contributed by atoms with Crippen LogP contribution in [0.1, 0.15) is 29.8 Å². The van der Waals surface area contributed by atoms with Crippen molar-refractivity contribution in [2.24, 2.45) is 12.0 Å². The van der Waals surface area contributed by atoms with Crippen LogP contribution in [0.15, 0.2) is 39.4 Å². The molecule has 0 amide bonds. The number of benzene rings is 1. The fraction of sp³-hybridized carbons (Fsp3) is 0.333. The molecular weight excluding hydrogens is 472 g/mol. The molecule has 0 saturated carbocycles. The summed E-state index contributed by atoms with van der Waals surface area (Å²) in [5.74, 6) is 0.816. The Morgan fingerprint density at radius 3 is 2.37 bits per heavy atom. The largest absolute Gasteiger partial charge is 0.493 e. The summed E-state index contributed by atoms with van der Waals surface area (Å²) in [6, 6.07) is 2.81. The predicted molar refractivity (Wildman–Crippen MR) is 130 cm³/mol. The van der Waals surface area contributed by atoms with Gasteiger partial charge in [0.15, 0.2) is 16.3 Å². The van der Waals surface area contributed by atoms with Crippen molar-refractivity contribution in [3.05, 3.63) is 66.1 Å². The third kappa shape index (κ3) is 3.91. The van der Waals surface area contributed by atoms with Crippen LogP contribution < -0.4 is 29.1 Å². The second-order valence-electron chi connectivity index (χ2n) is 7.81. The van der Waals surface area contributed by atoms with E-state index < -0.39 is 12.0 Å². The van der Waals surface area contributed by atoms with E-state index in [9.17, 15) is 9.59 Å². The Morgan fingerprint density at radius 1 is 1.09 bits per heavy atom. The molecule has 0 spiro atoms. The number of aryl methyl sites for hydroxylation is 1. The Labute approximate surface area is 205 Å². The lowest BCUT2D eigenvalue weighted by atomic mass is 9.96. The molecule has 11 heteroatoms. The number of carbonyl (C=O) groups is 1. The maximum atomic E-state index is 13.7. The van der Waals surface area contributed by atoms with E-state index >= 15 is 0 Å². The molecule has 0 radical (unpaired) electrons. The Morgan fingerprint density at radius 2 is 1.80 bits per heavy atom. The smallest absolute Gasteiger partial charge is 0.338 e. The van der Waals surface area contributed by atoms with Gasteiger partial charge in [-0.3, -0.25) is 14.0 Å². The SMILES string of the molecule is COC(=O)C1=C(C)N=c2s/c(=C/c3ccc(OC)c(OC)c3OC)c(=O)n2C1c1cnn(C)c1C. The van der Waals surface area contributed by atoms with Gasteiger partial charge in [-0.1, -0.05) is 11.3 Å². The molecule has 10 nitrogen and oxygen atoms in total. The van der Waals surface area contributed by atoms with E-state index in [2.05, 4.69) is 10.1 Å². The molecule has 0 saturated heterocycles. The number of ether oxygens (including phenoxy) is 4. The van der Waals surface area contributed by atoms with Crippen LogP contribution in [0.3, 0.4) is 0 Å². The first-order valence-corrected chi connectivity index (χ1v) is 11.5. The number of fused-ring (bicyclic) bond motifs is 1. The monoisotopic (exact) mass is 498 g/mol. The van der Waals surface area contributed by atoms with E-state index in [1.54, 1.807) is 43.1 Å². The molecule has 4 rings (SSSR count). The van der Waals surface area contributed by atoms with Crippen molar-refractivity contribution in [3.8, 4) is 17.2 Å². The highest BCUT2D eigenvalue weighted by molar-refractivity contribution is 7.07. The third-order valence-corrected chi connectivity index (χ3v) is 7.00. The number of aromatic nitrogens is 3. The Kier molecular flexibility index (Phi) is 6.53. The van der Waals surface area contributed by atoms with E-state index in [0.717, 1.165) is 11.3 Å².